The van der Waals surface area contributed by atoms with Gasteiger partial charge in [-0.2, -0.15) is 0 Å². The molecule has 1 aromatic heterocycles. The highest BCUT2D eigenvalue weighted by molar-refractivity contribution is 9.10. The van der Waals surface area contributed by atoms with Crippen molar-refractivity contribution in [1.29, 1.82) is 0 Å². The molecule has 244 valence electrons. The zero-order valence-corrected chi connectivity index (χ0v) is 26.4. The fourth-order valence-electron chi connectivity index (χ4n) is 5.19. The zero-order chi connectivity index (χ0) is 33.5. The van der Waals surface area contributed by atoms with E-state index < -0.39 is 32.9 Å². The largest absolute Gasteiger partial charge is 0.490 e. The van der Waals surface area contributed by atoms with E-state index in [0.29, 0.717) is 39.8 Å². The van der Waals surface area contributed by atoms with Gasteiger partial charge in [0, 0.05) is 61.1 Å². The summed E-state index contributed by atoms with van der Waals surface area (Å²) in [6, 6.07) is 15.9. The van der Waals surface area contributed by atoms with E-state index in [9.17, 15) is 34.6 Å². The Balaban J connectivity index is 1.16. The zero-order valence-electron chi connectivity index (χ0n) is 24.8. The van der Waals surface area contributed by atoms with Gasteiger partial charge in [-0.3, -0.25) is 34.6 Å². The highest BCUT2D eigenvalue weighted by Gasteiger charge is 2.31. The predicted molar refractivity (Wildman–Crippen MR) is 174 cm³/mol. The molecule has 0 radical (unpaired) electrons. The summed E-state index contributed by atoms with van der Waals surface area (Å²) in [5, 5.41) is 25.7. The maximum atomic E-state index is 13.4. The van der Waals surface area contributed by atoms with Gasteiger partial charge < -0.3 is 29.6 Å². The van der Waals surface area contributed by atoms with Gasteiger partial charge in [0.1, 0.15) is 12.4 Å². The normalized spacial score (nSPS) is 13.0. The van der Waals surface area contributed by atoms with Gasteiger partial charge in [0.25, 0.3) is 29.0 Å². The van der Waals surface area contributed by atoms with Crippen LogP contribution in [0.15, 0.2) is 71.3 Å². The summed E-state index contributed by atoms with van der Waals surface area (Å²) in [6.45, 7) is 1.32. The molecule has 1 aliphatic rings. The third-order valence-electron chi connectivity index (χ3n) is 7.51. The summed E-state index contributed by atoms with van der Waals surface area (Å²) in [5.74, 6) is -1.18. The first-order valence-corrected chi connectivity index (χ1v) is 15.3. The molecule has 15 nitrogen and oxygen atoms in total. The van der Waals surface area contributed by atoms with E-state index in [1.807, 2.05) is 6.07 Å². The number of anilines is 1. The lowest BCUT2D eigenvalue weighted by Crippen LogP contribution is -2.52. The minimum Gasteiger partial charge on any atom is -0.490 e. The lowest BCUT2D eigenvalue weighted by molar-refractivity contribution is -0.392. The highest BCUT2D eigenvalue weighted by Crippen LogP contribution is 2.35. The number of carbonyl (C=O) groups is 3. The Morgan fingerprint density at radius 1 is 0.851 bits per heavy atom. The first-order valence-electron chi connectivity index (χ1n) is 14.5. The van der Waals surface area contributed by atoms with Crippen molar-refractivity contribution in [3.8, 4) is 5.75 Å². The van der Waals surface area contributed by atoms with Crippen LogP contribution in [0.5, 0.6) is 5.75 Å². The Labute approximate surface area is 275 Å². The van der Waals surface area contributed by atoms with Crippen molar-refractivity contribution >= 4 is 61.5 Å². The van der Waals surface area contributed by atoms with Gasteiger partial charge in [-0.1, -0.05) is 18.2 Å². The van der Waals surface area contributed by atoms with Crippen LogP contribution in [0.4, 0.5) is 17.1 Å². The first-order chi connectivity index (χ1) is 22.7. The Morgan fingerprint density at radius 2 is 1.51 bits per heavy atom. The third kappa shape index (κ3) is 7.39. The van der Waals surface area contributed by atoms with Gasteiger partial charge >= 0.3 is 0 Å². The molecule has 2 amide bonds. The van der Waals surface area contributed by atoms with Crippen molar-refractivity contribution < 1.29 is 33.7 Å². The second kappa shape index (κ2) is 14.8. The van der Waals surface area contributed by atoms with Crippen molar-refractivity contribution in [2.75, 3.05) is 57.9 Å². The number of rotatable bonds is 13. The molecule has 2 N–H and O–H groups in total. The molecule has 47 heavy (non-hydrogen) atoms. The molecule has 0 atom stereocenters. The SMILES string of the molecule is O=C(C(=O)N1CCN(C(=O)c2ccccc2)CC1)c1c[nH]c2c(Br)ccc(OCCOCCNc3c([N+](=O)[O-])cccc3[N+](=O)[O-])c12. The van der Waals surface area contributed by atoms with E-state index in [-0.39, 0.29) is 56.6 Å². The Morgan fingerprint density at radius 3 is 2.17 bits per heavy atom. The molecule has 0 saturated carbocycles. The molecule has 5 rings (SSSR count). The molecule has 1 aliphatic heterocycles. The lowest BCUT2D eigenvalue weighted by Gasteiger charge is -2.34. The summed E-state index contributed by atoms with van der Waals surface area (Å²) in [7, 11) is 0. The topological polar surface area (TPSA) is 190 Å². The standard InChI is InChI=1S/C31H29BrN6O9/c32-22-9-10-25(47-18-17-46-16-11-33-28-23(37(42)43)7-4-8-24(28)38(44)45)26-21(19-34-27(22)26)29(39)31(41)36-14-12-35(13-15-36)30(40)20-5-2-1-3-6-20/h1-10,19,33-34H,11-18H2. The summed E-state index contributed by atoms with van der Waals surface area (Å²) < 4.78 is 12.1. The predicted octanol–water partition coefficient (Wildman–Crippen LogP) is 4.42. The molecule has 0 bridgehead atoms. The number of fused-ring (bicyclic) bond motifs is 1. The number of ether oxygens (including phenoxy) is 2. The summed E-state index contributed by atoms with van der Waals surface area (Å²) in [6.07, 6.45) is 1.46. The summed E-state index contributed by atoms with van der Waals surface area (Å²) >= 11 is 3.46. The van der Waals surface area contributed by atoms with Crippen LogP contribution in [0.1, 0.15) is 20.7 Å². The maximum absolute atomic E-state index is 13.4. The van der Waals surface area contributed by atoms with Crippen LogP contribution < -0.4 is 10.1 Å². The van der Waals surface area contributed by atoms with Gasteiger partial charge in [0.05, 0.1) is 39.5 Å². The minimum atomic E-state index is -0.714. The van der Waals surface area contributed by atoms with E-state index in [2.05, 4.69) is 26.2 Å². The van der Waals surface area contributed by atoms with Gasteiger partial charge in [-0.25, -0.2) is 0 Å². The Bertz CT molecular complexity index is 1790. The van der Waals surface area contributed by atoms with E-state index in [1.165, 1.54) is 29.3 Å². The second-order valence-electron chi connectivity index (χ2n) is 10.4. The molecule has 0 spiro atoms. The number of aromatic nitrogens is 1. The molecule has 16 heteroatoms. The molecule has 1 saturated heterocycles. The van der Waals surface area contributed by atoms with Crippen LogP contribution in [0, 0.1) is 20.2 Å². The number of Topliss-reactive ketones (excluding diaryl/α,β-unsaturated/α-hetero) is 1. The van der Waals surface area contributed by atoms with Crippen molar-refractivity contribution in [3.63, 3.8) is 0 Å². The minimum absolute atomic E-state index is 0.0570. The number of aromatic amines is 1. The number of hydrogen-bond donors (Lipinski definition) is 2. The maximum Gasteiger partial charge on any atom is 0.299 e. The number of para-hydroxylation sites is 1. The van der Waals surface area contributed by atoms with E-state index in [4.69, 9.17) is 9.47 Å². The van der Waals surface area contributed by atoms with Crippen LogP contribution in [0.25, 0.3) is 10.9 Å². The number of ketones is 1. The summed E-state index contributed by atoms with van der Waals surface area (Å²) in [4.78, 5) is 66.8. The number of piperazine rings is 1. The lowest BCUT2D eigenvalue weighted by atomic mass is 10.1. The first kappa shape index (κ1) is 33.0. The number of benzene rings is 3. The molecule has 0 aliphatic carbocycles. The number of nitro benzene ring substituents is 2. The molecular weight excluding hydrogens is 680 g/mol. The number of amides is 2. The molecule has 0 unspecified atom stereocenters. The van der Waals surface area contributed by atoms with Crippen LogP contribution in [-0.2, 0) is 9.53 Å². The average molecular weight is 710 g/mol. The van der Waals surface area contributed by atoms with Crippen LogP contribution in [-0.4, -0.2) is 94.8 Å². The fraction of sp³-hybridized carbons (Fsp3) is 0.258. The number of nitrogens with zero attached hydrogens (tertiary/aromatic N) is 4. The van der Waals surface area contributed by atoms with Gasteiger partial charge in [0.2, 0.25) is 0 Å². The molecule has 3 aromatic carbocycles. The number of H-pyrrole nitrogens is 1. The number of halogens is 1. The Hall–Kier alpha value is -5.35. The van der Waals surface area contributed by atoms with Gasteiger partial charge in [-0.05, 0) is 46.3 Å². The molecule has 1 fully saturated rings. The average Bonchev–Trinajstić information content (AvgIpc) is 3.54. The van der Waals surface area contributed by atoms with Crippen molar-refractivity contribution in [2.24, 2.45) is 0 Å². The van der Waals surface area contributed by atoms with Crippen LogP contribution >= 0.6 is 15.9 Å². The molecule has 2 heterocycles. The monoisotopic (exact) mass is 708 g/mol. The van der Waals surface area contributed by atoms with E-state index in [0.717, 1.165) is 0 Å². The third-order valence-corrected chi connectivity index (χ3v) is 8.17. The van der Waals surface area contributed by atoms with Gasteiger partial charge in [0.15, 0.2) is 5.69 Å². The number of nitrogens with one attached hydrogen (secondary N) is 2. The van der Waals surface area contributed by atoms with Crippen LogP contribution in [0.2, 0.25) is 0 Å². The van der Waals surface area contributed by atoms with Gasteiger partial charge in [-0.15, -0.1) is 0 Å². The summed E-state index contributed by atoms with van der Waals surface area (Å²) in [5.41, 5.74) is 0.219. The molecular formula is C31H29BrN6O9. The van der Waals surface area contributed by atoms with Crippen molar-refractivity contribution in [1.82, 2.24) is 14.8 Å². The fourth-order valence-corrected chi connectivity index (χ4v) is 5.64. The number of nitro groups is 2. The van der Waals surface area contributed by atoms with Crippen molar-refractivity contribution in [3.05, 3.63) is 103 Å². The van der Waals surface area contributed by atoms with Crippen LogP contribution in [0.3, 0.4) is 0 Å². The second-order valence-corrected chi connectivity index (χ2v) is 11.2. The van der Waals surface area contributed by atoms with Crippen molar-refractivity contribution in [2.45, 2.75) is 0 Å². The highest BCUT2D eigenvalue weighted by atomic mass is 79.9. The quantitative estimate of drug-likeness (QED) is 0.0661. The smallest absolute Gasteiger partial charge is 0.299 e. The number of hydrogen-bond acceptors (Lipinski definition) is 10. The van der Waals surface area contributed by atoms with E-state index >= 15 is 0 Å². The van der Waals surface area contributed by atoms with E-state index in [1.54, 1.807) is 41.3 Å². The number of carbonyl (C=O) groups excluding carboxylic acids is 3. The Kier molecular flexibility index (Phi) is 10.4. The molecule has 4 aromatic rings.